The minimum atomic E-state index is 0.443. The fraction of sp³-hybridized carbons (Fsp3) is 0.179. The number of rotatable bonds is 7. The first kappa shape index (κ1) is 21.4. The predicted octanol–water partition coefficient (Wildman–Crippen LogP) is 6.71. The lowest BCUT2D eigenvalue weighted by atomic mass is 10.1. The molecule has 4 nitrogen and oxygen atoms in total. The zero-order valence-corrected chi connectivity index (χ0v) is 19.0. The molecule has 0 amide bonds. The van der Waals surface area contributed by atoms with Gasteiger partial charge in [-0.2, -0.15) is 0 Å². The Morgan fingerprint density at radius 2 is 1.66 bits per heavy atom. The lowest BCUT2D eigenvalue weighted by Crippen LogP contribution is -2.03. The van der Waals surface area contributed by atoms with Crippen LogP contribution < -0.4 is 4.74 Å². The molecule has 0 N–H and O–H groups in total. The molecule has 0 spiro atoms. The van der Waals surface area contributed by atoms with Gasteiger partial charge in [0.15, 0.2) is 0 Å². The van der Waals surface area contributed by atoms with Gasteiger partial charge in [0.25, 0.3) is 0 Å². The number of nitrogens with zero attached hydrogens (tertiary/aromatic N) is 2. The normalized spacial score (nSPS) is 11.4. The van der Waals surface area contributed by atoms with Crippen molar-refractivity contribution in [1.82, 2.24) is 4.57 Å². The van der Waals surface area contributed by atoms with E-state index in [-0.39, 0.29) is 0 Å². The van der Waals surface area contributed by atoms with Crippen LogP contribution in [0.3, 0.4) is 0 Å². The maximum atomic E-state index is 5.67. The first-order valence-corrected chi connectivity index (χ1v) is 10.7. The van der Waals surface area contributed by atoms with Crippen molar-refractivity contribution in [3.8, 4) is 22.7 Å². The molecule has 1 aromatic heterocycles. The quantitative estimate of drug-likeness (QED) is 0.244. The van der Waals surface area contributed by atoms with E-state index in [0.717, 1.165) is 45.2 Å². The highest BCUT2D eigenvalue weighted by Crippen LogP contribution is 2.32. The van der Waals surface area contributed by atoms with Crippen LogP contribution in [0.15, 0.2) is 90.1 Å². The summed E-state index contributed by atoms with van der Waals surface area (Å²) >= 11 is 0. The molecule has 4 heteroatoms. The third-order valence-corrected chi connectivity index (χ3v) is 5.54. The van der Waals surface area contributed by atoms with E-state index < -0.39 is 0 Å². The number of hydrogen-bond acceptors (Lipinski definition) is 3. The lowest BCUT2D eigenvalue weighted by Gasteiger charge is -2.14. The van der Waals surface area contributed by atoms with Crippen LogP contribution in [0, 0.1) is 13.8 Å². The van der Waals surface area contributed by atoms with Gasteiger partial charge in [-0.15, -0.1) is 0 Å². The number of methoxy groups -OCH3 is 1. The van der Waals surface area contributed by atoms with Crippen LogP contribution in [0.1, 0.15) is 29.3 Å². The lowest BCUT2D eigenvalue weighted by molar-refractivity contribution is 0.130. The zero-order valence-electron chi connectivity index (χ0n) is 19.0. The Bertz CT molecular complexity index is 1240. The molecular weight excluding hydrogens is 396 g/mol. The van der Waals surface area contributed by atoms with Crippen molar-refractivity contribution in [2.45, 2.75) is 27.4 Å². The van der Waals surface area contributed by atoms with Gasteiger partial charge in [-0.1, -0.05) is 59.8 Å². The number of aromatic nitrogens is 1. The van der Waals surface area contributed by atoms with Crippen molar-refractivity contribution < 1.29 is 9.57 Å². The third kappa shape index (κ3) is 4.59. The second-order valence-electron chi connectivity index (χ2n) is 7.87. The van der Waals surface area contributed by atoms with Crippen molar-refractivity contribution >= 4 is 5.71 Å². The molecule has 0 atom stereocenters. The maximum absolute atomic E-state index is 5.67. The maximum Gasteiger partial charge on any atom is 0.142 e. The molecule has 32 heavy (non-hydrogen) atoms. The molecule has 4 aromatic rings. The SMILES string of the molecule is COc1cccc(-c2cc(/C(C)=N/OCc3ccccc3)c(C)n2-c2cccc(C)c2)c1. The standard InChI is InChI=1S/C28H28N2O2/c1-20-10-8-14-25(16-20)30-22(3)27(18-28(30)24-13-9-15-26(17-24)31-4)21(2)29-32-19-23-11-6-5-7-12-23/h5-18H,19H2,1-4H3/b29-21+. The number of ether oxygens (including phenoxy) is 1. The van der Waals surface area contributed by atoms with E-state index in [1.807, 2.05) is 49.4 Å². The Kier molecular flexibility index (Phi) is 6.41. The smallest absolute Gasteiger partial charge is 0.142 e. The summed E-state index contributed by atoms with van der Waals surface area (Å²) < 4.78 is 7.74. The molecule has 3 aromatic carbocycles. The molecule has 4 rings (SSSR count). The van der Waals surface area contributed by atoms with Gasteiger partial charge in [-0.05, 0) is 62.2 Å². The van der Waals surface area contributed by atoms with Crippen LogP contribution in [0.25, 0.3) is 16.9 Å². The summed E-state index contributed by atoms with van der Waals surface area (Å²) in [5.41, 5.74) is 8.59. The summed E-state index contributed by atoms with van der Waals surface area (Å²) in [4.78, 5) is 5.67. The van der Waals surface area contributed by atoms with E-state index in [9.17, 15) is 0 Å². The minimum Gasteiger partial charge on any atom is -0.497 e. The predicted molar refractivity (Wildman–Crippen MR) is 131 cm³/mol. The highest BCUT2D eigenvalue weighted by atomic mass is 16.6. The Morgan fingerprint density at radius 1 is 0.875 bits per heavy atom. The van der Waals surface area contributed by atoms with Gasteiger partial charge in [0.1, 0.15) is 12.4 Å². The van der Waals surface area contributed by atoms with E-state index >= 15 is 0 Å². The van der Waals surface area contributed by atoms with Crippen molar-refractivity contribution in [3.05, 3.63) is 107 Å². The van der Waals surface area contributed by atoms with E-state index in [2.05, 4.69) is 66.0 Å². The van der Waals surface area contributed by atoms with Crippen LogP contribution in [-0.4, -0.2) is 17.4 Å². The summed E-state index contributed by atoms with van der Waals surface area (Å²) in [6, 6.07) is 28.9. The Labute approximate surface area is 189 Å². The van der Waals surface area contributed by atoms with E-state index in [1.54, 1.807) is 7.11 Å². The topological polar surface area (TPSA) is 35.8 Å². The van der Waals surface area contributed by atoms with Crippen molar-refractivity contribution in [2.24, 2.45) is 5.16 Å². The Balaban J connectivity index is 1.75. The summed E-state index contributed by atoms with van der Waals surface area (Å²) in [5, 5.41) is 4.42. The first-order valence-electron chi connectivity index (χ1n) is 10.7. The van der Waals surface area contributed by atoms with E-state index in [1.165, 1.54) is 5.56 Å². The molecule has 0 saturated carbocycles. The Morgan fingerprint density at radius 3 is 2.41 bits per heavy atom. The average Bonchev–Trinajstić information content (AvgIpc) is 3.17. The molecule has 0 unspecified atom stereocenters. The number of benzene rings is 3. The molecule has 0 radical (unpaired) electrons. The first-order chi connectivity index (χ1) is 15.6. The van der Waals surface area contributed by atoms with Crippen LogP contribution in [0.4, 0.5) is 0 Å². The largest absolute Gasteiger partial charge is 0.497 e. The van der Waals surface area contributed by atoms with E-state index in [0.29, 0.717) is 6.61 Å². The third-order valence-electron chi connectivity index (χ3n) is 5.54. The fourth-order valence-corrected chi connectivity index (χ4v) is 3.89. The van der Waals surface area contributed by atoms with Crippen LogP contribution >= 0.6 is 0 Å². The molecule has 162 valence electrons. The second-order valence-corrected chi connectivity index (χ2v) is 7.87. The minimum absolute atomic E-state index is 0.443. The molecule has 0 fully saturated rings. The van der Waals surface area contributed by atoms with Crippen molar-refractivity contribution in [2.75, 3.05) is 7.11 Å². The molecular formula is C28H28N2O2. The van der Waals surface area contributed by atoms with Gasteiger partial charge in [-0.25, -0.2) is 0 Å². The molecule has 0 saturated heterocycles. The van der Waals surface area contributed by atoms with Gasteiger partial charge in [0.2, 0.25) is 0 Å². The monoisotopic (exact) mass is 424 g/mol. The summed E-state index contributed by atoms with van der Waals surface area (Å²) in [6.45, 7) is 6.66. The number of aryl methyl sites for hydroxylation is 1. The van der Waals surface area contributed by atoms with Gasteiger partial charge in [-0.3, -0.25) is 0 Å². The highest BCUT2D eigenvalue weighted by Gasteiger charge is 2.17. The summed E-state index contributed by atoms with van der Waals surface area (Å²) in [6.07, 6.45) is 0. The molecule has 0 aliphatic heterocycles. The zero-order chi connectivity index (χ0) is 22.5. The van der Waals surface area contributed by atoms with Gasteiger partial charge < -0.3 is 14.1 Å². The van der Waals surface area contributed by atoms with Crippen LogP contribution in [-0.2, 0) is 11.4 Å². The number of hydrogen-bond donors (Lipinski definition) is 0. The summed E-state index contributed by atoms with van der Waals surface area (Å²) in [7, 11) is 1.69. The molecule has 0 bridgehead atoms. The average molecular weight is 425 g/mol. The highest BCUT2D eigenvalue weighted by molar-refractivity contribution is 6.01. The van der Waals surface area contributed by atoms with Gasteiger partial charge in [0.05, 0.1) is 18.5 Å². The Hall–Kier alpha value is -3.79. The second kappa shape index (κ2) is 9.56. The van der Waals surface area contributed by atoms with Crippen molar-refractivity contribution in [1.29, 1.82) is 0 Å². The van der Waals surface area contributed by atoms with Crippen LogP contribution in [0.2, 0.25) is 0 Å². The number of oxime groups is 1. The van der Waals surface area contributed by atoms with Gasteiger partial charge >= 0.3 is 0 Å². The molecule has 0 aliphatic carbocycles. The summed E-state index contributed by atoms with van der Waals surface area (Å²) in [5.74, 6) is 0.829. The van der Waals surface area contributed by atoms with Gasteiger partial charge in [0, 0.05) is 22.5 Å². The molecule has 0 aliphatic rings. The van der Waals surface area contributed by atoms with Crippen LogP contribution in [0.5, 0.6) is 5.75 Å². The fourth-order valence-electron chi connectivity index (χ4n) is 3.89. The molecule has 1 heterocycles. The van der Waals surface area contributed by atoms with Crippen molar-refractivity contribution in [3.63, 3.8) is 0 Å². The van der Waals surface area contributed by atoms with E-state index in [4.69, 9.17) is 9.57 Å².